The van der Waals surface area contributed by atoms with Crippen molar-refractivity contribution in [3.63, 3.8) is 0 Å². The molecule has 1 saturated heterocycles. The number of hydrogen-bond donors (Lipinski definition) is 0. The van der Waals surface area contributed by atoms with Gasteiger partial charge >= 0.3 is 0 Å². The number of hydrogen-bond acceptors (Lipinski definition) is 5. The van der Waals surface area contributed by atoms with E-state index in [2.05, 4.69) is 10.1 Å². The van der Waals surface area contributed by atoms with E-state index in [1.807, 2.05) is 6.07 Å². The smallest absolute Gasteiger partial charge is 0.246 e. The molecule has 0 saturated carbocycles. The molecule has 3 rings (SSSR count). The lowest BCUT2D eigenvalue weighted by Gasteiger charge is -2.16. The van der Waals surface area contributed by atoms with Gasteiger partial charge in [-0.2, -0.15) is 9.40 Å². The molecule has 0 amide bonds. The highest BCUT2D eigenvalue weighted by Crippen LogP contribution is 2.23. The summed E-state index contributed by atoms with van der Waals surface area (Å²) in [6.07, 6.45) is 6.67. The van der Waals surface area contributed by atoms with Crippen molar-refractivity contribution in [1.29, 1.82) is 0 Å². The van der Waals surface area contributed by atoms with E-state index in [1.165, 1.54) is 21.4 Å². The summed E-state index contributed by atoms with van der Waals surface area (Å²) in [4.78, 5) is 4.19. The van der Waals surface area contributed by atoms with E-state index >= 15 is 0 Å². The molecular formula is C13H16N4O3S. The fraction of sp³-hybridized carbons (Fsp3) is 0.385. The van der Waals surface area contributed by atoms with Crippen LogP contribution in [0, 0.1) is 0 Å². The molecule has 0 aromatic carbocycles. The molecule has 0 N–H and O–H groups in total. The lowest BCUT2D eigenvalue weighted by Crippen LogP contribution is -2.30. The number of pyridine rings is 1. The quantitative estimate of drug-likeness (QED) is 0.829. The first-order chi connectivity index (χ1) is 10.1. The molecular weight excluding hydrogens is 292 g/mol. The van der Waals surface area contributed by atoms with Crippen LogP contribution in [0.5, 0.6) is 5.75 Å². The van der Waals surface area contributed by atoms with Gasteiger partial charge in [-0.1, -0.05) is 0 Å². The average molecular weight is 308 g/mol. The maximum Gasteiger partial charge on any atom is 0.246 e. The first-order valence-electron chi connectivity index (χ1n) is 6.61. The molecule has 2 aromatic heterocycles. The van der Waals surface area contributed by atoms with Gasteiger partial charge in [0, 0.05) is 26.0 Å². The number of rotatable bonds is 4. The largest absolute Gasteiger partial charge is 0.487 e. The predicted molar refractivity (Wildman–Crippen MR) is 75.2 cm³/mol. The van der Waals surface area contributed by atoms with E-state index in [0.29, 0.717) is 25.3 Å². The van der Waals surface area contributed by atoms with Crippen LogP contribution in [0.25, 0.3) is 0 Å². The highest BCUT2D eigenvalue weighted by molar-refractivity contribution is 7.89. The summed E-state index contributed by atoms with van der Waals surface area (Å²) in [5.41, 5.74) is 0. The van der Waals surface area contributed by atoms with Crippen molar-refractivity contribution < 1.29 is 13.2 Å². The Bertz CT molecular complexity index is 714. The topological polar surface area (TPSA) is 77.3 Å². The van der Waals surface area contributed by atoms with Crippen molar-refractivity contribution in [2.75, 3.05) is 13.1 Å². The lowest BCUT2D eigenvalue weighted by molar-refractivity contribution is 0.214. The van der Waals surface area contributed by atoms with Crippen LogP contribution in [-0.4, -0.2) is 46.7 Å². The minimum Gasteiger partial charge on any atom is -0.487 e. The molecule has 0 unspecified atom stereocenters. The second-order valence-corrected chi connectivity index (χ2v) is 6.87. The van der Waals surface area contributed by atoms with Gasteiger partial charge in [0.1, 0.15) is 16.7 Å². The Morgan fingerprint density at radius 1 is 1.38 bits per heavy atom. The zero-order valence-corrected chi connectivity index (χ0v) is 12.4. The van der Waals surface area contributed by atoms with E-state index in [1.54, 1.807) is 25.5 Å². The van der Waals surface area contributed by atoms with Gasteiger partial charge in [-0.25, -0.2) is 8.42 Å². The van der Waals surface area contributed by atoms with Crippen LogP contribution >= 0.6 is 0 Å². The number of nitrogens with zero attached hydrogens (tertiary/aromatic N) is 4. The normalized spacial score (nSPS) is 19.8. The molecule has 1 atom stereocenters. The van der Waals surface area contributed by atoms with Crippen LogP contribution in [0.4, 0.5) is 0 Å². The van der Waals surface area contributed by atoms with E-state index < -0.39 is 10.0 Å². The Morgan fingerprint density at radius 3 is 2.90 bits per heavy atom. The summed E-state index contributed by atoms with van der Waals surface area (Å²) in [6, 6.07) is 3.60. The van der Waals surface area contributed by atoms with Gasteiger partial charge in [-0.05, 0) is 18.6 Å². The SMILES string of the molecule is Cn1cc(S(=O)(=O)N2CC[C@@H](Oc3cccnc3)C2)cn1. The maximum atomic E-state index is 12.5. The van der Waals surface area contributed by atoms with Gasteiger partial charge < -0.3 is 4.74 Å². The van der Waals surface area contributed by atoms with Gasteiger partial charge in [-0.3, -0.25) is 9.67 Å². The Hall–Kier alpha value is -1.93. The third-order valence-electron chi connectivity index (χ3n) is 3.36. The summed E-state index contributed by atoms with van der Waals surface area (Å²) in [7, 11) is -1.80. The Morgan fingerprint density at radius 2 is 2.24 bits per heavy atom. The molecule has 0 spiro atoms. The zero-order chi connectivity index (χ0) is 14.9. The molecule has 7 nitrogen and oxygen atoms in total. The van der Waals surface area contributed by atoms with Crippen molar-refractivity contribution >= 4 is 10.0 Å². The monoisotopic (exact) mass is 308 g/mol. The maximum absolute atomic E-state index is 12.5. The van der Waals surface area contributed by atoms with Gasteiger partial charge in [0.05, 0.1) is 18.9 Å². The molecule has 21 heavy (non-hydrogen) atoms. The molecule has 8 heteroatoms. The van der Waals surface area contributed by atoms with Crippen molar-refractivity contribution in [2.24, 2.45) is 7.05 Å². The molecule has 2 aromatic rings. The first-order valence-corrected chi connectivity index (χ1v) is 8.05. The summed E-state index contributed by atoms with van der Waals surface area (Å²) < 4.78 is 33.6. The molecule has 0 radical (unpaired) electrons. The molecule has 1 aliphatic rings. The van der Waals surface area contributed by atoms with Crippen LogP contribution in [0.2, 0.25) is 0 Å². The summed E-state index contributed by atoms with van der Waals surface area (Å²) in [5, 5.41) is 3.91. The van der Waals surface area contributed by atoms with Crippen LogP contribution < -0.4 is 4.74 Å². The van der Waals surface area contributed by atoms with E-state index in [9.17, 15) is 8.42 Å². The molecule has 0 aliphatic carbocycles. The second-order valence-electron chi connectivity index (χ2n) is 4.93. The number of aryl methyl sites for hydroxylation is 1. The van der Waals surface area contributed by atoms with Gasteiger partial charge in [-0.15, -0.1) is 0 Å². The van der Waals surface area contributed by atoms with Crippen molar-refractivity contribution in [2.45, 2.75) is 17.4 Å². The third-order valence-corrected chi connectivity index (χ3v) is 5.18. The van der Waals surface area contributed by atoms with E-state index in [-0.39, 0.29) is 11.0 Å². The summed E-state index contributed by atoms with van der Waals surface area (Å²) >= 11 is 0. The number of sulfonamides is 1. The van der Waals surface area contributed by atoms with Crippen LogP contribution in [-0.2, 0) is 17.1 Å². The average Bonchev–Trinajstić information content (AvgIpc) is 3.10. The Balaban J connectivity index is 1.69. The highest BCUT2D eigenvalue weighted by atomic mass is 32.2. The lowest BCUT2D eigenvalue weighted by atomic mass is 10.3. The van der Waals surface area contributed by atoms with Crippen LogP contribution in [0.1, 0.15) is 6.42 Å². The van der Waals surface area contributed by atoms with Crippen LogP contribution in [0.3, 0.4) is 0 Å². The standard InChI is InChI=1S/C13H16N4O3S/c1-16-10-13(8-15-16)21(18,19)17-6-4-12(9-17)20-11-3-2-5-14-7-11/h2-3,5,7-8,10,12H,4,6,9H2,1H3/t12-/m1/s1. The molecule has 1 fully saturated rings. The van der Waals surface area contributed by atoms with Crippen molar-refractivity contribution in [1.82, 2.24) is 19.1 Å². The van der Waals surface area contributed by atoms with Gasteiger partial charge in [0.15, 0.2) is 0 Å². The fourth-order valence-electron chi connectivity index (χ4n) is 2.30. The van der Waals surface area contributed by atoms with E-state index in [0.717, 1.165) is 0 Å². The molecule has 112 valence electrons. The Kier molecular flexibility index (Phi) is 3.64. The first kappa shape index (κ1) is 14.0. The zero-order valence-electron chi connectivity index (χ0n) is 11.6. The summed E-state index contributed by atoms with van der Waals surface area (Å²) in [5.74, 6) is 0.656. The molecule has 0 bridgehead atoms. The van der Waals surface area contributed by atoms with Crippen molar-refractivity contribution in [3.05, 3.63) is 36.9 Å². The minimum atomic E-state index is -3.49. The molecule has 1 aliphatic heterocycles. The Labute approximate surface area is 123 Å². The summed E-state index contributed by atoms with van der Waals surface area (Å²) in [6.45, 7) is 0.786. The predicted octanol–water partition coefficient (Wildman–Crippen LogP) is 0.657. The van der Waals surface area contributed by atoms with Gasteiger partial charge in [0.25, 0.3) is 0 Å². The second kappa shape index (κ2) is 5.45. The van der Waals surface area contributed by atoms with Crippen molar-refractivity contribution in [3.8, 4) is 5.75 Å². The van der Waals surface area contributed by atoms with Crippen LogP contribution in [0.15, 0.2) is 41.8 Å². The minimum absolute atomic E-state index is 0.152. The highest BCUT2D eigenvalue weighted by Gasteiger charge is 2.34. The fourth-order valence-corrected chi connectivity index (χ4v) is 3.78. The molecule has 3 heterocycles. The third kappa shape index (κ3) is 2.91. The number of ether oxygens (including phenoxy) is 1. The number of aromatic nitrogens is 3. The van der Waals surface area contributed by atoms with Gasteiger partial charge in [0.2, 0.25) is 10.0 Å². The van der Waals surface area contributed by atoms with E-state index in [4.69, 9.17) is 4.74 Å².